The molecule has 2 aliphatic rings. The molecule has 8 heteroatoms. The van der Waals surface area contributed by atoms with Gasteiger partial charge in [-0.15, -0.1) is 0 Å². The smallest absolute Gasteiger partial charge is 0.238 e. The van der Waals surface area contributed by atoms with Crippen molar-refractivity contribution in [2.24, 2.45) is 5.92 Å². The van der Waals surface area contributed by atoms with Crippen LogP contribution in [0.1, 0.15) is 23.5 Å². The maximum atomic E-state index is 12.2. The van der Waals surface area contributed by atoms with E-state index in [-0.39, 0.29) is 17.9 Å². The third-order valence-corrected chi connectivity index (χ3v) is 6.46. The van der Waals surface area contributed by atoms with Crippen LogP contribution in [0.2, 0.25) is 0 Å². The van der Waals surface area contributed by atoms with Crippen LogP contribution < -0.4 is 5.32 Å². The first-order chi connectivity index (χ1) is 11.2. The molecule has 2 fully saturated rings. The van der Waals surface area contributed by atoms with E-state index in [4.69, 9.17) is 4.42 Å². The van der Waals surface area contributed by atoms with Crippen LogP contribution in [0.4, 0.5) is 0 Å². The van der Waals surface area contributed by atoms with E-state index >= 15 is 0 Å². The molecular weight excluding hydrogens is 330 g/mol. The first-order valence-electron chi connectivity index (χ1n) is 8.19. The van der Waals surface area contributed by atoms with Crippen LogP contribution in [0, 0.1) is 19.8 Å². The van der Waals surface area contributed by atoms with Gasteiger partial charge in [-0.3, -0.25) is 9.69 Å². The van der Waals surface area contributed by atoms with Gasteiger partial charge in [0.25, 0.3) is 0 Å². The highest BCUT2D eigenvalue weighted by molar-refractivity contribution is 7.88. The van der Waals surface area contributed by atoms with E-state index in [0.717, 1.165) is 23.6 Å². The third kappa shape index (κ3) is 3.10. The molecule has 1 amide bonds. The summed E-state index contributed by atoms with van der Waals surface area (Å²) in [5, 5.41) is 2.58. The van der Waals surface area contributed by atoms with Gasteiger partial charge in [0.15, 0.2) is 0 Å². The fourth-order valence-corrected chi connectivity index (χ4v) is 5.40. The molecular formula is C16H25N3O4S. The standard InChI is InChI=1S/C16H25N3O4S/c1-10-5-13(23-11(10)2)8-18-7-12-6-14(16(20)17-3)19(15(12)9-18)24(4,21)22/h5,12,14-15H,6-9H2,1-4H3,(H,17,20)/t12-,14-,15+/m1/s1. The number of sulfonamides is 1. The van der Waals surface area contributed by atoms with Crippen LogP contribution in [-0.2, 0) is 21.4 Å². The number of hydrogen-bond acceptors (Lipinski definition) is 5. The number of rotatable bonds is 4. The molecule has 1 N–H and O–H groups in total. The van der Waals surface area contributed by atoms with E-state index in [9.17, 15) is 13.2 Å². The topological polar surface area (TPSA) is 82.9 Å². The summed E-state index contributed by atoms with van der Waals surface area (Å²) in [4.78, 5) is 14.3. The minimum atomic E-state index is -3.44. The predicted molar refractivity (Wildman–Crippen MR) is 89.9 cm³/mol. The zero-order chi connectivity index (χ0) is 17.6. The number of furan rings is 1. The van der Waals surface area contributed by atoms with Crippen LogP contribution in [-0.4, -0.2) is 62.0 Å². The lowest BCUT2D eigenvalue weighted by molar-refractivity contribution is -0.124. The van der Waals surface area contributed by atoms with Crippen molar-refractivity contribution in [2.75, 3.05) is 26.4 Å². The molecule has 2 aliphatic heterocycles. The second kappa shape index (κ2) is 6.16. The first kappa shape index (κ1) is 17.4. The molecule has 134 valence electrons. The van der Waals surface area contributed by atoms with Crippen LogP contribution in [0.3, 0.4) is 0 Å². The van der Waals surface area contributed by atoms with E-state index in [1.54, 1.807) is 7.05 Å². The molecule has 0 spiro atoms. The average molecular weight is 355 g/mol. The Morgan fingerprint density at radius 2 is 2.08 bits per heavy atom. The molecule has 24 heavy (non-hydrogen) atoms. The molecule has 0 radical (unpaired) electrons. The zero-order valence-electron chi connectivity index (χ0n) is 14.6. The molecule has 3 atom stereocenters. The number of likely N-dealkylation sites (tertiary alicyclic amines) is 1. The number of hydrogen-bond donors (Lipinski definition) is 1. The Bertz CT molecular complexity index is 723. The summed E-state index contributed by atoms with van der Waals surface area (Å²) in [5.74, 6) is 1.78. The minimum absolute atomic E-state index is 0.139. The van der Waals surface area contributed by atoms with E-state index in [1.165, 1.54) is 10.6 Å². The summed E-state index contributed by atoms with van der Waals surface area (Å²) in [7, 11) is -1.89. The third-order valence-electron chi connectivity index (χ3n) is 5.17. The van der Waals surface area contributed by atoms with E-state index in [2.05, 4.69) is 10.2 Å². The van der Waals surface area contributed by atoms with Crippen molar-refractivity contribution in [1.29, 1.82) is 0 Å². The average Bonchev–Trinajstić information content (AvgIpc) is 3.10. The van der Waals surface area contributed by atoms with Gasteiger partial charge in [0.1, 0.15) is 17.6 Å². The maximum Gasteiger partial charge on any atom is 0.238 e. The van der Waals surface area contributed by atoms with Gasteiger partial charge in [-0.1, -0.05) is 0 Å². The Hall–Kier alpha value is -1.38. The quantitative estimate of drug-likeness (QED) is 0.849. The minimum Gasteiger partial charge on any atom is -0.465 e. The van der Waals surface area contributed by atoms with Crippen molar-refractivity contribution in [2.45, 2.75) is 38.9 Å². The van der Waals surface area contributed by atoms with Crippen molar-refractivity contribution < 1.29 is 17.6 Å². The summed E-state index contributed by atoms with van der Waals surface area (Å²) in [6.45, 7) is 6.04. The fourth-order valence-electron chi connectivity index (χ4n) is 4.03. The Morgan fingerprint density at radius 1 is 1.38 bits per heavy atom. The summed E-state index contributed by atoms with van der Waals surface area (Å²) < 4.78 is 31.6. The second-order valence-electron chi connectivity index (χ2n) is 6.93. The number of aryl methyl sites for hydroxylation is 2. The van der Waals surface area contributed by atoms with Crippen molar-refractivity contribution in [3.05, 3.63) is 23.2 Å². The van der Waals surface area contributed by atoms with E-state index in [1.807, 2.05) is 19.9 Å². The van der Waals surface area contributed by atoms with Crippen molar-refractivity contribution in [1.82, 2.24) is 14.5 Å². The van der Waals surface area contributed by atoms with Gasteiger partial charge in [-0.25, -0.2) is 8.42 Å². The Kier molecular flexibility index (Phi) is 4.48. The summed E-state index contributed by atoms with van der Waals surface area (Å²) in [6, 6.07) is 1.31. The molecule has 3 heterocycles. The lowest BCUT2D eigenvalue weighted by Crippen LogP contribution is -2.49. The lowest BCUT2D eigenvalue weighted by Gasteiger charge is -2.27. The largest absolute Gasteiger partial charge is 0.465 e. The fraction of sp³-hybridized carbons (Fsp3) is 0.688. The number of amides is 1. The van der Waals surface area contributed by atoms with Crippen molar-refractivity contribution in [3.63, 3.8) is 0 Å². The van der Waals surface area contributed by atoms with Gasteiger partial charge >= 0.3 is 0 Å². The summed E-state index contributed by atoms with van der Waals surface area (Å²) >= 11 is 0. The second-order valence-corrected chi connectivity index (χ2v) is 8.82. The van der Waals surface area contributed by atoms with Crippen LogP contribution >= 0.6 is 0 Å². The number of carbonyl (C=O) groups excluding carboxylic acids is 1. The zero-order valence-corrected chi connectivity index (χ0v) is 15.4. The molecule has 7 nitrogen and oxygen atoms in total. The lowest BCUT2D eigenvalue weighted by atomic mass is 10.0. The van der Waals surface area contributed by atoms with Crippen LogP contribution in [0.5, 0.6) is 0 Å². The highest BCUT2D eigenvalue weighted by Crippen LogP contribution is 2.38. The molecule has 0 saturated carbocycles. The van der Waals surface area contributed by atoms with Gasteiger partial charge in [-0.2, -0.15) is 4.31 Å². The van der Waals surface area contributed by atoms with Gasteiger partial charge in [0, 0.05) is 26.2 Å². The van der Waals surface area contributed by atoms with Crippen LogP contribution in [0.15, 0.2) is 10.5 Å². The monoisotopic (exact) mass is 355 g/mol. The first-order valence-corrected chi connectivity index (χ1v) is 10.0. The molecule has 3 rings (SSSR count). The molecule has 0 aliphatic carbocycles. The molecule has 2 saturated heterocycles. The van der Waals surface area contributed by atoms with E-state index < -0.39 is 16.1 Å². The predicted octanol–water partition coefficient (Wildman–Crippen LogP) is 0.477. The molecule has 1 aromatic rings. The Balaban J connectivity index is 1.75. The summed E-state index contributed by atoms with van der Waals surface area (Å²) in [5.41, 5.74) is 1.13. The highest BCUT2D eigenvalue weighted by Gasteiger charge is 2.52. The number of nitrogens with one attached hydrogen (secondary N) is 1. The van der Waals surface area contributed by atoms with Gasteiger partial charge < -0.3 is 9.73 Å². The molecule has 0 bridgehead atoms. The number of likely N-dealkylation sites (N-methyl/N-ethyl adjacent to an activating group) is 1. The summed E-state index contributed by atoms with van der Waals surface area (Å²) in [6.07, 6.45) is 1.76. The number of carbonyl (C=O) groups is 1. The molecule has 0 unspecified atom stereocenters. The molecule has 1 aromatic heterocycles. The van der Waals surface area contributed by atoms with Gasteiger partial charge in [0.05, 0.1) is 12.8 Å². The Morgan fingerprint density at radius 3 is 2.62 bits per heavy atom. The maximum absolute atomic E-state index is 12.2. The van der Waals surface area contributed by atoms with E-state index in [0.29, 0.717) is 19.5 Å². The normalized spacial score (nSPS) is 28.2. The van der Waals surface area contributed by atoms with Gasteiger partial charge in [0.2, 0.25) is 15.9 Å². The Labute approximate surface area is 143 Å². The number of nitrogens with zero attached hydrogens (tertiary/aromatic N) is 2. The highest BCUT2D eigenvalue weighted by atomic mass is 32.2. The van der Waals surface area contributed by atoms with Crippen LogP contribution in [0.25, 0.3) is 0 Å². The van der Waals surface area contributed by atoms with Gasteiger partial charge in [-0.05, 0) is 37.8 Å². The number of fused-ring (bicyclic) bond motifs is 1. The SMILES string of the molecule is CNC(=O)[C@H]1C[C@@H]2CN(Cc3cc(C)c(C)o3)C[C@@H]2N1S(C)(=O)=O. The van der Waals surface area contributed by atoms with Crippen molar-refractivity contribution >= 4 is 15.9 Å². The molecule has 0 aromatic carbocycles. The van der Waals surface area contributed by atoms with Crippen molar-refractivity contribution in [3.8, 4) is 0 Å².